The molecule has 0 bridgehead atoms. The van der Waals surface area contributed by atoms with Crippen LogP contribution < -0.4 is 5.73 Å². The lowest BCUT2D eigenvalue weighted by Gasteiger charge is -2.21. The van der Waals surface area contributed by atoms with Crippen LogP contribution in [0, 0.1) is 0 Å². The quantitative estimate of drug-likeness (QED) is 0.444. The number of carbonyl (C=O) groups is 2. The minimum Gasteiger partial charge on any atom is -0.453 e. The number of anilines is 1. The van der Waals surface area contributed by atoms with Crippen molar-refractivity contribution in [2.75, 3.05) is 39.0 Å². The lowest BCUT2D eigenvalue weighted by molar-refractivity contribution is 0.0757. The van der Waals surface area contributed by atoms with E-state index >= 15 is 0 Å². The Bertz CT molecular complexity index is 1410. The number of nitrogen functional groups attached to an aromatic ring is 1. The van der Waals surface area contributed by atoms with E-state index in [1.54, 1.807) is 40.3 Å². The highest BCUT2D eigenvalue weighted by Crippen LogP contribution is 2.28. The van der Waals surface area contributed by atoms with Gasteiger partial charge in [-0.25, -0.2) is 14.8 Å². The summed E-state index contributed by atoms with van der Waals surface area (Å²) in [5.41, 5.74) is 8.97. The van der Waals surface area contributed by atoms with Crippen LogP contribution in [-0.4, -0.2) is 75.3 Å². The van der Waals surface area contributed by atoms with E-state index in [1.165, 1.54) is 7.11 Å². The molecule has 2 amide bonds. The molecule has 11 nitrogen and oxygen atoms in total. The van der Waals surface area contributed by atoms with Crippen LogP contribution >= 0.6 is 0 Å². The van der Waals surface area contributed by atoms with E-state index < -0.39 is 0 Å². The maximum Gasteiger partial charge on any atom is 0.409 e. The molecule has 4 aromatic rings. The van der Waals surface area contributed by atoms with Gasteiger partial charge >= 0.3 is 6.09 Å². The molecule has 3 heterocycles. The second kappa shape index (κ2) is 10.4. The minimum absolute atomic E-state index is 0. The molecular formula is C26H27N7O4. The number of methoxy groups -OCH3 is 1. The van der Waals surface area contributed by atoms with Crippen molar-refractivity contribution < 1.29 is 20.2 Å². The summed E-state index contributed by atoms with van der Waals surface area (Å²) in [5, 5.41) is 8.19. The summed E-state index contributed by atoms with van der Waals surface area (Å²) in [5.74, 6) is 0.593. The van der Waals surface area contributed by atoms with Gasteiger partial charge in [0.15, 0.2) is 11.5 Å². The standard InChI is InChI=1S/C26H25N7O4.H2/c1-36-26(35)33-13-5-12-32(14-15-33)25(34)19-10-8-17(9-11-19)20-16-28-22(27)21(29-20)24-31-30-23(37-24)18-6-3-2-4-7-18;/h2-4,6-11,16H,5,12-15H2,1H3,(H2,27,28);1H. The van der Waals surface area contributed by atoms with Crippen molar-refractivity contribution in [3.8, 4) is 34.3 Å². The Hall–Kier alpha value is -4.80. The average molecular weight is 502 g/mol. The van der Waals surface area contributed by atoms with Gasteiger partial charge in [0.2, 0.25) is 5.89 Å². The van der Waals surface area contributed by atoms with Crippen molar-refractivity contribution in [2.24, 2.45) is 0 Å². The van der Waals surface area contributed by atoms with Crippen LogP contribution in [0.4, 0.5) is 10.6 Å². The van der Waals surface area contributed by atoms with Crippen molar-refractivity contribution in [1.29, 1.82) is 0 Å². The maximum absolute atomic E-state index is 13.1. The first-order chi connectivity index (χ1) is 18.0. The molecule has 190 valence electrons. The lowest BCUT2D eigenvalue weighted by atomic mass is 10.1. The number of amides is 2. The molecule has 2 N–H and O–H groups in total. The topological polar surface area (TPSA) is 141 Å². The van der Waals surface area contributed by atoms with Gasteiger partial charge in [0, 0.05) is 44.3 Å². The van der Waals surface area contributed by atoms with Gasteiger partial charge < -0.3 is 24.7 Å². The van der Waals surface area contributed by atoms with Gasteiger partial charge in [-0.2, -0.15) is 0 Å². The summed E-state index contributed by atoms with van der Waals surface area (Å²) in [7, 11) is 1.36. The maximum atomic E-state index is 13.1. The van der Waals surface area contributed by atoms with E-state index in [1.807, 2.05) is 30.3 Å². The van der Waals surface area contributed by atoms with E-state index in [0.717, 1.165) is 11.1 Å². The molecule has 37 heavy (non-hydrogen) atoms. The Morgan fingerprint density at radius 3 is 2.38 bits per heavy atom. The molecule has 0 spiro atoms. The Morgan fingerprint density at radius 1 is 0.919 bits per heavy atom. The van der Waals surface area contributed by atoms with Gasteiger partial charge in [-0.1, -0.05) is 30.3 Å². The minimum atomic E-state index is -0.376. The van der Waals surface area contributed by atoms with Crippen molar-refractivity contribution in [2.45, 2.75) is 6.42 Å². The first-order valence-electron chi connectivity index (χ1n) is 11.8. The molecule has 1 aliphatic heterocycles. The van der Waals surface area contributed by atoms with Crippen molar-refractivity contribution in [3.63, 3.8) is 0 Å². The molecule has 1 aliphatic rings. The zero-order valence-electron chi connectivity index (χ0n) is 20.2. The Balaban J connectivity index is 0.00000336. The van der Waals surface area contributed by atoms with Gasteiger partial charge in [0.25, 0.3) is 11.8 Å². The Kier molecular flexibility index (Phi) is 6.75. The average Bonchev–Trinajstić information content (AvgIpc) is 3.31. The third-order valence-electron chi connectivity index (χ3n) is 6.09. The van der Waals surface area contributed by atoms with E-state index in [0.29, 0.717) is 49.7 Å². The summed E-state index contributed by atoms with van der Waals surface area (Å²) in [6, 6.07) is 16.5. The number of benzene rings is 2. The molecular weight excluding hydrogens is 474 g/mol. The van der Waals surface area contributed by atoms with Crippen molar-refractivity contribution in [1.82, 2.24) is 30.0 Å². The highest BCUT2D eigenvalue weighted by atomic mass is 16.5. The van der Waals surface area contributed by atoms with Crippen molar-refractivity contribution >= 4 is 17.8 Å². The Morgan fingerprint density at radius 2 is 1.62 bits per heavy atom. The number of aromatic nitrogens is 4. The Labute approximate surface area is 214 Å². The molecule has 0 saturated carbocycles. The molecule has 2 aromatic heterocycles. The molecule has 11 heteroatoms. The molecule has 5 rings (SSSR count). The summed E-state index contributed by atoms with van der Waals surface area (Å²) in [6.07, 6.45) is 1.87. The van der Waals surface area contributed by atoms with Gasteiger partial charge in [0.1, 0.15) is 0 Å². The fourth-order valence-corrected chi connectivity index (χ4v) is 4.11. The number of hydrogen-bond acceptors (Lipinski definition) is 9. The number of carbonyl (C=O) groups excluding carboxylic acids is 2. The second-order valence-electron chi connectivity index (χ2n) is 8.45. The van der Waals surface area contributed by atoms with E-state index in [9.17, 15) is 9.59 Å². The van der Waals surface area contributed by atoms with E-state index in [-0.39, 0.29) is 30.8 Å². The number of nitrogens with two attached hydrogens (primary N) is 1. The van der Waals surface area contributed by atoms with Crippen molar-refractivity contribution in [3.05, 3.63) is 66.4 Å². The van der Waals surface area contributed by atoms with E-state index in [2.05, 4.69) is 20.2 Å². The van der Waals surface area contributed by atoms with E-state index in [4.69, 9.17) is 14.9 Å². The monoisotopic (exact) mass is 501 g/mol. The van der Waals surface area contributed by atoms with Gasteiger partial charge in [-0.15, -0.1) is 10.2 Å². The number of rotatable bonds is 4. The summed E-state index contributed by atoms with van der Waals surface area (Å²) in [6.45, 7) is 2.00. The first kappa shape index (κ1) is 23.9. The van der Waals surface area contributed by atoms with Crippen LogP contribution in [0.5, 0.6) is 0 Å². The molecule has 1 saturated heterocycles. The molecule has 0 radical (unpaired) electrons. The highest BCUT2D eigenvalue weighted by Gasteiger charge is 2.23. The van der Waals surface area contributed by atoms with Crippen LogP contribution in [0.1, 0.15) is 18.2 Å². The summed E-state index contributed by atoms with van der Waals surface area (Å²) in [4.78, 5) is 37.1. The third kappa shape index (κ3) is 5.10. The number of ether oxygens (including phenoxy) is 1. The summed E-state index contributed by atoms with van der Waals surface area (Å²) < 4.78 is 10.6. The summed E-state index contributed by atoms with van der Waals surface area (Å²) >= 11 is 0. The fourth-order valence-electron chi connectivity index (χ4n) is 4.11. The largest absolute Gasteiger partial charge is 0.453 e. The first-order valence-corrected chi connectivity index (χ1v) is 11.8. The lowest BCUT2D eigenvalue weighted by Crippen LogP contribution is -2.37. The fraction of sp³-hybridized carbons (Fsp3) is 0.231. The van der Waals surface area contributed by atoms with Gasteiger partial charge in [-0.3, -0.25) is 4.79 Å². The second-order valence-corrected chi connectivity index (χ2v) is 8.45. The zero-order valence-corrected chi connectivity index (χ0v) is 20.2. The predicted molar refractivity (Wildman–Crippen MR) is 137 cm³/mol. The van der Waals surface area contributed by atoms with Crippen LogP contribution in [0.3, 0.4) is 0 Å². The number of nitrogens with zero attached hydrogens (tertiary/aromatic N) is 6. The molecule has 2 aromatic carbocycles. The predicted octanol–water partition coefficient (Wildman–Crippen LogP) is 3.60. The van der Waals surface area contributed by atoms with Crippen LogP contribution in [0.25, 0.3) is 34.3 Å². The highest BCUT2D eigenvalue weighted by molar-refractivity contribution is 5.94. The SMILES string of the molecule is COC(=O)N1CCCN(C(=O)c2ccc(-c3cnc(N)c(-c4nnc(-c5ccccc5)o4)n3)cc2)CC1.[HH]. The smallest absolute Gasteiger partial charge is 0.409 e. The molecule has 0 atom stereocenters. The number of hydrogen-bond donors (Lipinski definition) is 1. The van der Waals surface area contributed by atoms with Crippen LogP contribution in [-0.2, 0) is 4.74 Å². The van der Waals surface area contributed by atoms with Gasteiger partial charge in [-0.05, 0) is 30.7 Å². The van der Waals surface area contributed by atoms with Crippen LogP contribution in [0.15, 0.2) is 65.2 Å². The molecule has 0 unspecified atom stereocenters. The third-order valence-corrected chi connectivity index (χ3v) is 6.09. The normalized spacial score (nSPS) is 13.8. The van der Waals surface area contributed by atoms with Crippen LogP contribution in [0.2, 0.25) is 0 Å². The molecule has 1 fully saturated rings. The molecule has 0 aliphatic carbocycles. The zero-order chi connectivity index (χ0) is 25.8. The van der Waals surface area contributed by atoms with Gasteiger partial charge in [0.05, 0.1) is 19.0 Å².